The van der Waals surface area contributed by atoms with Gasteiger partial charge in [-0.2, -0.15) is 10.5 Å². The minimum atomic E-state index is -1.05. The highest BCUT2D eigenvalue weighted by Crippen LogP contribution is 2.38. The van der Waals surface area contributed by atoms with Gasteiger partial charge in [-0.25, -0.2) is 19.6 Å². The van der Waals surface area contributed by atoms with E-state index in [4.69, 9.17) is 35.5 Å². The first-order valence-corrected chi connectivity index (χ1v) is 22.9. The molecular formula is C46H54ClN7O8S2. The molecule has 0 radical (unpaired) electrons. The lowest BCUT2D eigenvalue weighted by atomic mass is 9.96. The third-order valence-corrected chi connectivity index (χ3v) is 11.1. The second-order valence-corrected chi connectivity index (χ2v) is 18.7. The molecule has 2 aromatic heterocycles. The highest BCUT2D eigenvalue weighted by atomic mass is 35.5. The predicted octanol–water partition coefficient (Wildman–Crippen LogP) is 9.22. The highest BCUT2D eigenvalue weighted by molar-refractivity contribution is 7.98. The average Bonchev–Trinajstić information content (AvgIpc) is 3.71. The number of thiazole rings is 1. The molecule has 2 amide bonds. The quantitative estimate of drug-likeness (QED) is 0.0326. The number of nitrogens with zero attached hydrogens (tertiary/aromatic N) is 4. The summed E-state index contributed by atoms with van der Waals surface area (Å²) in [5.41, 5.74) is 1.86. The van der Waals surface area contributed by atoms with Gasteiger partial charge in [0.2, 0.25) is 5.91 Å². The molecular weight excluding hydrogens is 878 g/mol. The highest BCUT2D eigenvalue weighted by Gasteiger charge is 2.28. The van der Waals surface area contributed by atoms with Gasteiger partial charge in [0.15, 0.2) is 0 Å². The van der Waals surface area contributed by atoms with Gasteiger partial charge in [-0.1, -0.05) is 60.5 Å². The Morgan fingerprint density at radius 1 is 0.844 bits per heavy atom. The van der Waals surface area contributed by atoms with Crippen LogP contribution < -0.4 is 20.7 Å². The number of aromatic nitrogens is 2. The average molecular weight is 933 g/mol. The van der Waals surface area contributed by atoms with Crippen LogP contribution in [0.15, 0.2) is 58.9 Å². The van der Waals surface area contributed by atoms with E-state index in [-0.39, 0.29) is 43.2 Å². The molecule has 0 bridgehead atoms. The minimum absolute atomic E-state index is 0.0128. The zero-order valence-corrected chi connectivity index (χ0v) is 39.6. The van der Waals surface area contributed by atoms with E-state index in [0.29, 0.717) is 57.8 Å². The monoisotopic (exact) mass is 931 g/mol. The molecule has 4 rings (SSSR count). The van der Waals surface area contributed by atoms with Crippen molar-refractivity contribution in [2.24, 2.45) is 0 Å². The van der Waals surface area contributed by atoms with E-state index in [1.54, 1.807) is 72.9 Å². The number of halogens is 1. The van der Waals surface area contributed by atoms with E-state index in [0.717, 1.165) is 16.3 Å². The number of anilines is 1. The second kappa shape index (κ2) is 23.7. The number of amides is 2. The lowest BCUT2D eigenvalue weighted by Gasteiger charge is -2.24. The maximum absolute atomic E-state index is 13.3. The SMILES string of the molecule is CNc1nc(SCc2csc(-c3ccc(Cl)cc3)n2)c(C#N)c(-c2ccc(OCCOC(=O)[C@H](C)NC(=O)[C@H](CCCCCC(=O)OC(C)(C)C)NC(=O)OC(C)(C)C)cc2)c1C#N. The molecule has 4 aromatic rings. The molecule has 2 aromatic carbocycles. The Hall–Kier alpha value is -5.88. The summed E-state index contributed by atoms with van der Waals surface area (Å²) in [6.45, 7) is 11.8. The predicted molar refractivity (Wildman–Crippen MR) is 247 cm³/mol. The molecule has 0 aliphatic carbocycles. The van der Waals surface area contributed by atoms with Crippen LogP contribution in [-0.4, -0.2) is 77.5 Å². The number of hydrogen-bond acceptors (Lipinski definition) is 15. The van der Waals surface area contributed by atoms with Crippen molar-refractivity contribution in [3.63, 3.8) is 0 Å². The van der Waals surface area contributed by atoms with Gasteiger partial charge >= 0.3 is 18.0 Å². The van der Waals surface area contributed by atoms with Crippen molar-refractivity contribution >= 4 is 64.5 Å². The fraction of sp³-hybridized carbons (Fsp3) is 0.435. The topological polar surface area (TPSA) is 215 Å². The molecule has 15 nitrogen and oxygen atoms in total. The van der Waals surface area contributed by atoms with Crippen LogP contribution in [0.3, 0.4) is 0 Å². The van der Waals surface area contributed by atoms with Crippen LogP contribution in [0.5, 0.6) is 5.75 Å². The Morgan fingerprint density at radius 3 is 2.12 bits per heavy atom. The summed E-state index contributed by atoms with van der Waals surface area (Å²) in [6.07, 6.45) is 1.34. The third kappa shape index (κ3) is 16.0. The molecule has 0 unspecified atom stereocenters. The largest absolute Gasteiger partial charge is 0.490 e. The van der Waals surface area contributed by atoms with Crippen LogP contribution >= 0.6 is 34.7 Å². The molecule has 0 aliphatic rings. The number of unbranched alkanes of at least 4 members (excludes halogenated alkanes) is 2. The van der Waals surface area contributed by atoms with Gasteiger partial charge in [0.1, 0.15) is 75.8 Å². The molecule has 0 saturated carbocycles. The Bertz CT molecular complexity index is 2330. The molecule has 0 saturated heterocycles. The van der Waals surface area contributed by atoms with Crippen LogP contribution in [0.25, 0.3) is 21.7 Å². The Balaban J connectivity index is 1.33. The number of carbonyl (C=O) groups excluding carboxylic acids is 4. The summed E-state index contributed by atoms with van der Waals surface area (Å²) in [6, 6.07) is 16.6. The molecule has 64 heavy (non-hydrogen) atoms. The number of carbonyl (C=O) groups is 4. The van der Waals surface area contributed by atoms with Crippen LogP contribution in [0.4, 0.5) is 10.6 Å². The number of alkyl carbamates (subject to hydrolysis) is 1. The maximum atomic E-state index is 13.3. The molecule has 3 N–H and O–H groups in total. The summed E-state index contributed by atoms with van der Waals surface area (Å²) in [5, 5.41) is 32.6. The van der Waals surface area contributed by atoms with E-state index < -0.39 is 41.3 Å². The van der Waals surface area contributed by atoms with Gasteiger partial charge in [-0.05, 0) is 91.1 Å². The smallest absolute Gasteiger partial charge is 0.408 e. The second-order valence-electron chi connectivity index (χ2n) is 16.5. The fourth-order valence-corrected chi connectivity index (χ4v) is 7.95. The van der Waals surface area contributed by atoms with E-state index >= 15 is 0 Å². The summed E-state index contributed by atoms with van der Waals surface area (Å²) < 4.78 is 21.9. The van der Waals surface area contributed by atoms with Gasteiger partial charge in [-0.15, -0.1) is 11.3 Å². The van der Waals surface area contributed by atoms with E-state index in [1.807, 2.05) is 29.6 Å². The number of rotatable bonds is 20. The van der Waals surface area contributed by atoms with Crippen molar-refractivity contribution in [2.45, 2.75) is 115 Å². The van der Waals surface area contributed by atoms with Crippen LogP contribution in [0.2, 0.25) is 5.02 Å². The van der Waals surface area contributed by atoms with Gasteiger partial charge in [-0.3, -0.25) is 9.59 Å². The van der Waals surface area contributed by atoms with Crippen molar-refractivity contribution in [3.05, 3.63) is 75.8 Å². The van der Waals surface area contributed by atoms with Crippen LogP contribution in [0.1, 0.15) is 97.4 Å². The normalized spacial score (nSPS) is 12.2. The first-order chi connectivity index (χ1) is 30.3. The van der Waals surface area contributed by atoms with Crippen molar-refractivity contribution in [1.82, 2.24) is 20.6 Å². The Kier molecular flexibility index (Phi) is 18.8. The summed E-state index contributed by atoms with van der Waals surface area (Å²) in [5.74, 6) is -0.404. The molecule has 340 valence electrons. The molecule has 0 spiro atoms. The van der Waals surface area contributed by atoms with E-state index in [2.05, 4.69) is 33.1 Å². The van der Waals surface area contributed by atoms with E-state index in [9.17, 15) is 29.7 Å². The minimum Gasteiger partial charge on any atom is -0.490 e. The number of hydrogen-bond donors (Lipinski definition) is 3. The maximum Gasteiger partial charge on any atom is 0.408 e. The molecule has 2 heterocycles. The van der Waals surface area contributed by atoms with Crippen molar-refractivity contribution < 1.29 is 38.1 Å². The van der Waals surface area contributed by atoms with Gasteiger partial charge in [0.05, 0.1) is 11.3 Å². The number of esters is 2. The lowest BCUT2D eigenvalue weighted by Crippen LogP contribution is -2.51. The number of ether oxygens (including phenoxy) is 4. The first kappa shape index (κ1) is 50.8. The van der Waals surface area contributed by atoms with Crippen molar-refractivity contribution in [2.75, 3.05) is 25.6 Å². The van der Waals surface area contributed by atoms with Gasteiger partial charge in [0, 0.05) is 40.8 Å². The number of nitriles is 2. The summed E-state index contributed by atoms with van der Waals surface area (Å²) in [7, 11) is 1.66. The zero-order valence-electron chi connectivity index (χ0n) is 37.3. The molecule has 18 heteroatoms. The first-order valence-electron chi connectivity index (χ1n) is 20.6. The Morgan fingerprint density at radius 2 is 1.50 bits per heavy atom. The number of nitrogens with one attached hydrogen (secondary N) is 3. The third-order valence-electron chi connectivity index (χ3n) is 8.88. The molecule has 0 aliphatic heterocycles. The number of thioether (sulfide) groups is 1. The van der Waals surface area contributed by atoms with Crippen molar-refractivity contribution in [3.8, 4) is 39.6 Å². The van der Waals surface area contributed by atoms with Gasteiger partial charge in [0.25, 0.3) is 0 Å². The summed E-state index contributed by atoms with van der Waals surface area (Å²) in [4.78, 5) is 60.2. The van der Waals surface area contributed by atoms with E-state index in [1.165, 1.54) is 30.0 Å². The molecule has 0 fully saturated rings. The number of pyridine rings is 1. The lowest BCUT2D eigenvalue weighted by molar-refractivity contribution is -0.155. The molecule has 2 atom stereocenters. The Labute approximate surface area is 387 Å². The van der Waals surface area contributed by atoms with Crippen LogP contribution in [0, 0.1) is 22.7 Å². The van der Waals surface area contributed by atoms with Gasteiger partial charge < -0.3 is 34.9 Å². The fourth-order valence-electron chi connectivity index (χ4n) is 6.01. The number of benzene rings is 2. The standard InChI is InChI=1S/C46H54ClN7O8S2/c1-28(51-40(56)36(53-44(58)62-46(5,6)7)12-10-9-11-13-37(55)61-45(2,3)4)43(57)60-23-22-59-33-20-16-29(17-21-33)38-34(24-48)39(50-8)54-42(35(38)25-49)64-27-32-26-63-41(52-32)30-14-18-31(47)19-15-30/h14-21,26,28,36H,9-13,22-23,27H2,1-8H3,(H,50,54)(H,51,56)(H,53,58)/t28-,36-/m0/s1. The summed E-state index contributed by atoms with van der Waals surface area (Å²) >= 11 is 8.89. The zero-order chi connectivity index (χ0) is 47.0. The van der Waals surface area contributed by atoms with Crippen molar-refractivity contribution in [1.29, 1.82) is 10.5 Å². The van der Waals surface area contributed by atoms with Crippen LogP contribution in [-0.2, 0) is 34.3 Å².